The van der Waals surface area contributed by atoms with Gasteiger partial charge in [-0.05, 0) is 25.1 Å². The predicted octanol–water partition coefficient (Wildman–Crippen LogP) is 2.46. The normalized spacial score (nSPS) is 11.2. The highest BCUT2D eigenvalue weighted by Crippen LogP contribution is 2.17. The molecule has 0 amide bonds. The zero-order chi connectivity index (χ0) is 12.8. The first-order chi connectivity index (χ1) is 8.04. The molecule has 0 aliphatic rings. The lowest BCUT2D eigenvalue weighted by atomic mass is 10.3. The Bertz CT molecular complexity index is 441. The highest BCUT2D eigenvalue weighted by molar-refractivity contribution is 5.87. The minimum atomic E-state index is -0.783. The number of ether oxygens (including phenoxy) is 2. The second kappa shape index (κ2) is 5.98. The first-order valence-electron chi connectivity index (χ1n) is 4.87. The molecular formula is C12H12F2O3. The summed E-state index contributed by atoms with van der Waals surface area (Å²) in [4.78, 5) is 11.0. The standard InChI is InChI=1S/C12H12F2O3/c1-8(12(15)16-2)5-6-17-11-4-3-9(13)7-10(11)14/h3-5,7H,6H2,1-2H3. The van der Waals surface area contributed by atoms with Gasteiger partial charge in [-0.2, -0.15) is 0 Å². The first-order valence-corrected chi connectivity index (χ1v) is 4.87. The van der Waals surface area contributed by atoms with Gasteiger partial charge >= 0.3 is 5.97 Å². The summed E-state index contributed by atoms with van der Waals surface area (Å²) < 4.78 is 35.2. The number of methoxy groups -OCH3 is 1. The van der Waals surface area contributed by atoms with Crippen molar-refractivity contribution in [3.05, 3.63) is 41.5 Å². The Morgan fingerprint density at radius 1 is 1.41 bits per heavy atom. The van der Waals surface area contributed by atoms with E-state index >= 15 is 0 Å². The molecule has 0 bridgehead atoms. The quantitative estimate of drug-likeness (QED) is 0.601. The number of rotatable bonds is 4. The van der Waals surface area contributed by atoms with Crippen LogP contribution in [-0.2, 0) is 9.53 Å². The lowest BCUT2D eigenvalue weighted by Gasteiger charge is -2.05. The van der Waals surface area contributed by atoms with Crippen molar-refractivity contribution in [2.45, 2.75) is 6.92 Å². The van der Waals surface area contributed by atoms with Gasteiger partial charge in [0.05, 0.1) is 7.11 Å². The molecule has 1 rings (SSSR count). The van der Waals surface area contributed by atoms with Crippen molar-refractivity contribution in [2.24, 2.45) is 0 Å². The van der Waals surface area contributed by atoms with Crippen molar-refractivity contribution in [1.82, 2.24) is 0 Å². The molecule has 0 aromatic heterocycles. The Morgan fingerprint density at radius 3 is 2.71 bits per heavy atom. The topological polar surface area (TPSA) is 35.5 Å². The van der Waals surface area contributed by atoms with Gasteiger partial charge in [-0.25, -0.2) is 13.6 Å². The summed E-state index contributed by atoms with van der Waals surface area (Å²) in [6, 6.07) is 3.01. The summed E-state index contributed by atoms with van der Waals surface area (Å²) in [5.74, 6) is -2.00. The number of carbonyl (C=O) groups is 1. The molecule has 0 aliphatic heterocycles. The number of hydrogen-bond donors (Lipinski definition) is 0. The molecule has 0 unspecified atom stereocenters. The average molecular weight is 242 g/mol. The van der Waals surface area contributed by atoms with Crippen LogP contribution in [-0.4, -0.2) is 19.7 Å². The van der Waals surface area contributed by atoms with E-state index in [1.165, 1.54) is 19.3 Å². The Kier molecular flexibility index (Phi) is 4.63. The van der Waals surface area contributed by atoms with Crippen LogP contribution in [0.4, 0.5) is 8.78 Å². The van der Waals surface area contributed by atoms with Crippen LogP contribution >= 0.6 is 0 Å². The number of benzene rings is 1. The lowest BCUT2D eigenvalue weighted by Crippen LogP contribution is -2.04. The van der Waals surface area contributed by atoms with Crippen molar-refractivity contribution >= 4 is 5.97 Å². The smallest absolute Gasteiger partial charge is 0.333 e. The summed E-state index contributed by atoms with van der Waals surface area (Å²) in [7, 11) is 1.26. The first kappa shape index (κ1) is 13.2. The van der Waals surface area contributed by atoms with E-state index < -0.39 is 17.6 Å². The van der Waals surface area contributed by atoms with Crippen molar-refractivity contribution in [3.63, 3.8) is 0 Å². The third-order valence-corrected chi connectivity index (χ3v) is 2.03. The van der Waals surface area contributed by atoms with Gasteiger partial charge in [0.25, 0.3) is 0 Å². The Balaban J connectivity index is 2.59. The van der Waals surface area contributed by atoms with Gasteiger partial charge in [-0.1, -0.05) is 0 Å². The molecule has 3 nitrogen and oxygen atoms in total. The molecular weight excluding hydrogens is 230 g/mol. The molecule has 0 atom stereocenters. The summed E-state index contributed by atoms with van der Waals surface area (Å²) in [5, 5.41) is 0. The van der Waals surface area contributed by atoms with Gasteiger partial charge < -0.3 is 9.47 Å². The molecule has 0 radical (unpaired) electrons. The lowest BCUT2D eigenvalue weighted by molar-refractivity contribution is -0.136. The van der Waals surface area contributed by atoms with Crippen molar-refractivity contribution in [3.8, 4) is 5.75 Å². The van der Waals surface area contributed by atoms with Crippen LogP contribution in [0, 0.1) is 11.6 Å². The molecule has 0 saturated heterocycles. The van der Waals surface area contributed by atoms with Gasteiger partial charge in [0.1, 0.15) is 12.4 Å². The zero-order valence-electron chi connectivity index (χ0n) is 9.50. The van der Waals surface area contributed by atoms with Gasteiger partial charge in [-0.3, -0.25) is 0 Å². The molecule has 0 aliphatic carbocycles. The van der Waals surface area contributed by atoms with Gasteiger partial charge in [0.15, 0.2) is 11.6 Å². The van der Waals surface area contributed by atoms with E-state index in [0.717, 1.165) is 12.1 Å². The van der Waals surface area contributed by atoms with Crippen molar-refractivity contribution < 1.29 is 23.0 Å². The number of carbonyl (C=O) groups excluding carboxylic acids is 1. The zero-order valence-corrected chi connectivity index (χ0v) is 9.50. The SMILES string of the molecule is COC(=O)C(C)=CCOc1ccc(F)cc1F. The fourth-order valence-corrected chi connectivity index (χ4v) is 1.09. The van der Waals surface area contributed by atoms with E-state index in [4.69, 9.17) is 4.74 Å². The third kappa shape index (κ3) is 3.86. The fraction of sp³-hybridized carbons (Fsp3) is 0.250. The minimum Gasteiger partial charge on any atom is -0.486 e. The van der Waals surface area contributed by atoms with E-state index in [1.807, 2.05) is 0 Å². The van der Waals surface area contributed by atoms with E-state index in [0.29, 0.717) is 5.57 Å². The summed E-state index contributed by atoms with van der Waals surface area (Å²) >= 11 is 0. The Hall–Kier alpha value is -1.91. The van der Waals surface area contributed by atoms with Crippen LogP contribution in [0.3, 0.4) is 0 Å². The van der Waals surface area contributed by atoms with Crippen molar-refractivity contribution in [1.29, 1.82) is 0 Å². The maximum absolute atomic E-state index is 13.1. The number of esters is 1. The van der Waals surface area contributed by atoms with E-state index in [9.17, 15) is 13.6 Å². The van der Waals surface area contributed by atoms with Crippen molar-refractivity contribution in [2.75, 3.05) is 13.7 Å². The molecule has 0 heterocycles. The van der Waals surface area contributed by atoms with Gasteiger partial charge in [0, 0.05) is 11.6 Å². The second-order valence-corrected chi connectivity index (χ2v) is 3.26. The van der Waals surface area contributed by atoms with Crippen LogP contribution < -0.4 is 4.74 Å². The van der Waals surface area contributed by atoms with E-state index in [-0.39, 0.29) is 12.4 Å². The fourth-order valence-electron chi connectivity index (χ4n) is 1.09. The highest BCUT2D eigenvalue weighted by atomic mass is 19.1. The summed E-state index contributed by atoms with van der Waals surface area (Å²) in [5.41, 5.74) is 0.356. The Labute approximate surface area is 97.7 Å². The molecule has 1 aromatic rings. The average Bonchev–Trinajstić information content (AvgIpc) is 2.30. The molecule has 0 spiro atoms. The minimum absolute atomic E-state index is 0.00346. The second-order valence-electron chi connectivity index (χ2n) is 3.26. The molecule has 0 saturated carbocycles. The van der Waals surface area contributed by atoms with Crippen LogP contribution in [0.5, 0.6) is 5.75 Å². The van der Waals surface area contributed by atoms with Crippen LogP contribution in [0.1, 0.15) is 6.92 Å². The van der Waals surface area contributed by atoms with Crippen LogP contribution in [0.2, 0.25) is 0 Å². The maximum atomic E-state index is 13.1. The Morgan fingerprint density at radius 2 is 2.12 bits per heavy atom. The molecule has 1 aromatic carbocycles. The summed E-state index contributed by atoms with van der Waals surface area (Å²) in [6.07, 6.45) is 1.45. The molecule has 92 valence electrons. The number of hydrogen-bond acceptors (Lipinski definition) is 3. The number of halogens is 2. The largest absolute Gasteiger partial charge is 0.486 e. The molecule has 0 fully saturated rings. The third-order valence-electron chi connectivity index (χ3n) is 2.03. The molecule has 5 heteroatoms. The summed E-state index contributed by atoms with van der Waals surface area (Å²) in [6.45, 7) is 1.56. The predicted molar refractivity (Wildman–Crippen MR) is 57.6 cm³/mol. The van der Waals surface area contributed by atoms with Crippen LogP contribution in [0.15, 0.2) is 29.8 Å². The van der Waals surface area contributed by atoms with Gasteiger partial charge in [-0.15, -0.1) is 0 Å². The molecule has 17 heavy (non-hydrogen) atoms. The maximum Gasteiger partial charge on any atom is 0.333 e. The van der Waals surface area contributed by atoms with E-state index in [2.05, 4.69) is 4.74 Å². The van der Waals surface area contributed by atoms with E-state index in [1.54, 1.807) is 6.92 Å². The van der Waals surface area contributed by atoms with Gasteiger partial charge in [0.2, 0.25) is 0 Å². The van der Waals surface area contributed by atoms with Crippen LogP contribution in [0.25, 0.3) is 0 Å². The monoisotopic (exact) mass is 242 g/mol. The molecule has 0 N–H and O–H groups in total. The highest BCUT2D eigenvalue weighted by Gasteiger charge is 2.05.